The Labute approximate surface area is 231 Å². The summed E-state index contributed by atoms with van der Waals surface area (Å²) in [7, 11) is 3.39. The molecule has 39 heavy (non-hydrogen) atoms. The van der Waals surface area contributed by atoms with Gasteiger partial charge in [0.25, 0.3) is 0 Å². The summed E-state index contributed by atoms with van der Waals surface area (Å²) in [5.74, 6) is 1.65. The predicted octanol–water partition coefficient (Wildman–Crippen LogP) is 9.38. The van der Waals surface area contributed by atoms with E-state index in [1.54, 1.807) is 14.2 Å². The van der Waals surface area contributed by atoms with Gasteiger partial charge < -0.3 is 14.4 Å². The molecule has 3 nitrogen and oxygen atoms in total. The van der Waals surface area contributed by atoms with Crippen molar-refractivity contribution in [2.24, 2.45) is 0 Å². The third kappa shape index (κ3) is 6.05. The predicted molar refractivity (Wildman–Crippen MR) is 164 cm³/mol. The van der Waals surface area contributed by atoms with Gasteiger partial charge in [-0.1, -0.05) is 71.8 Å². The normalized spacial score (nSPS) is 10.6. The number of nitrogens with zero attached hydrogens (tertiary/aromatic N) is 1. The summed E-state index contributed by atoms with van der Waals surface area (Å²) in [6, 6.07) is 42.3. The van der Waals surface area contributed by atoms with Crippen LogP contribution in [0.5, 0.6) is 11.5 Å². The zero-order valence-electron chi connectivity index (χ0n) is 22.9. The van der Waals surface area contributed by atoms with Crippen LogP contribution in [0.2, 0.25) is 0 Å². The van der Waals surface area contributed by atoms with Gasteiger partial charge in [-0.05, 0) is 103 Å². The maximum absolute atomic E-state index is 5.52. The number of methoxy groups -OCH3 is 2. The van der Waals surface area contributed by atoms with Crippen LogP contribution in [-0.4, -0.2) is 14.2 Å². The van der Waals surface area contributed by atoms with Gasteiger partial charge >= 0.3 is 0 Å². The molecule has 5 aromatic rings. The summed E-state index contributed by atoms with van der Waals surface area (Å²) in [6.45, 7) is 4.23. The van der Waals surface area contributed by atoms with E-state index in [4.69, 9.17) is 9.47 Å². The Morgan fingerprint density at radius 1 is 0.538 bits per heavy atom. The highest BCUT2D eigenvalue weighted by Crippen LogP contribution is 2.36. The molecular weight excluding hydrogens is 478 g/mol. The van der Waals surface area contributed by atoms with Crippen molar-refractivity contribution in [1.82, 2.24) is 0 Å². The SMILES string of the molecule is COc1cccc(C(=Cc2ccc(N(c3ccc(C)cc3)c3ccc(C)cc3)cc2)c2cccc(OC)c2)c1. The van der Waals surface area contributed by atoms with Gasteiger partial charge in [0.05, 0.1) is 14.2 Å². The molecule has 0 saturated heterocycles. The largest absolute Gasteiger partial charge is 0.497 e. The minimum absolute atomic E-state index is 0.823. The molecule has 0 saturated carbocycles. The molecule has 0 amide bonds. The van der Waals surface area contributed by atoms with Crippen LogP contribution in [0.15, 0.2) is 121 Å². The van der Waals surface area contributed by atoms with Gasteiger partial charge in [-0.15, -0.1) is 0 Å². The molecule has 5 aromatic carbocycles. The van der Waals surface area contributed by atoms with Crippen molar-refractivity contribution in [3.8, 4) is 11.5 Å². The minimum atomic E-state index is 0.823. The monoisotopic (exact) mass is 511 g/mol. The number of hydrogen-bond acceptors (Lipinski definition) is 3. The second-order valence-corrected chi connectivity index (χ2v) is 9.62. The van der Waals surface area contributed by atoms with Crippen molar-refractivity contribution < 1.29 is 9.47 Å². The van der Waals surface area contributed by atoms with E-state index < -0.39 is 0 Å². The number of aryl methyl sites for hydroxylation is 2. The summed E-state index contributed by atoms with van der Waals surface area (Å²) >= 11 is 0. The van der Waals surface area contributed by atoms with E-state index in [0.29, 0.717) is 0 Å². The number of benzene rings is 5. The van der Waals surface area contributed by atoms with E-state index >= 15 is 0 Å². The average Bonchev–Trinajstić information content (AvgIpc) is 2.98. The van der Waals surface area contributed by atoms with Gasteiger partial charge in [0.2, 0.25) is 0 Å². The lowest BCUT2D eigenvalue weighted by Gasteiger charge is -2.26. The lowest BCUT2D eigenvalue weighted by atomic mass is 9.95. The molecule has 3 heteroatoms. The highest BCUT2D eigenvalue weighted by Gasteiger charge is 2.13. The lowest BCUT2D eigenvalue weighted by Crippen LogP contribution is -2.09. The van der Waals surface area contributed by atoms with E-state index in [-0.39, 0.29) is 0 Å². The molecule has 194 valence electrons. The molecule has 0 aliphatic heterocycles. The average molecular weight is 512 g/mol. The van der Waals surface area contributed by atoms with Crippen LogP contribution in [0, 0.1) is 13.8 Å². The van der Waals surface area contributed by atoms with Crippen LogP contribution in [0.25, 0.3) is 11.6 Å². The van der Waals surface area contributed by atoms with Crippen molar-refractivity contribution in [3.05, 3.63) is 149 Å². The van der Waals surface area contributed by atoms with Gasteiger partial charge in [-0.2, -0.15) is 0 Å². The van der Waals surface area contributed by atoms with Crippen LogP contribution in [0.1, 0.15) is 27.8 Å². The van der Waals surface area contributed by atoms with E-state index in [9.17, 15) is 0 Å². The third-order valence-corrected chi connectivity index (χ3v) is 6.81. The summed E-state index contributed by atoms with van der Waals surface area (Å²) in [6.07, 6.45) is 2.22. The first-order valence-corrected chi connectivity index (χ1v) is 13.1. The topological polar surface area (TPSA) is 21.7 Å². The molecule has 5 rings (SSSR count). The van der Waals surface area contributed by atoms with Gasteiger partial charge in [0.1, 0.15) is 11.5 Å². The molecule has 0 unspecified atom stereocenters. The van der Waals surface area contributed by atoms with E-state index in [1.165, 1.54) is 11.1 Å². The zero-order chi connectivity index (χ0) is 27.2. The molecule has 0 fully saturated rings. The van der Waals surface area contributed by atoms with Gasteiger partial charge in [0, 0.05) is 17.1 Å². The highest BCUT2D eigenvalue weighted by molar-refractivity contribution is 5.92. The van der Waals surface area contributed by atoms with Crippen LogP contribution < -0.4 is 14.4 Å². The third-order valence-electron chi connectivity index (χ3n) is 6.81. The number of anilines is 3. The van der Waals surface area contributed by atoms with Crippen molar-refractivity contribution in [1.29, 1.82) is 0 Å². The Kier molecular flexibility index (Phi) is 7.79. The Bertz CT molecular complexity index is 1470. The number of hydrogen-bond donors (Lipinski definition) is 0. The summed E-state index contributed by atoms with van der Waals surface area (Å²) < 4.78 is 11.0. The summed E-state index contributed by atoms with van der Waals surface area (Å²) in [5, 5.41) is 0. The molecule has 0 spiro atoms. The fraction of sp³-hybridized carbons (Fsp3) is 0.111. The highest BCUT2D eigenvalue weighted by atomic mass is 16.5. The Hall–Kier alpha value is -4.76. The summed E-state index contributed by atoms with van der Waals surface area (Å²) in [4.78, 5) is 2.29. The Morgan fingerprint density at radius 2 is 0.949 bits per heavy atom. The second-order valence-electron chi connectivity index (χ2n) is 9.62. The fourth-order valence-corrected chi connectivity index (χ4v) is 4.64. The Morgan fingerprint density at radius 3 is 1.36 bits per heavy atom. The first kappa shape index (κ1) is 25.9. The van der Waals surface area contributed by atoms with Crippen LogP contribution in [0.4, 0.5) is 17.1 Å². The maximum Gasteiger partial charge on any atom is 0.119 e. The first-order chi connectivity index (χ1) is 19.0. The van der Waals surface area contributed by atoms with Crippen molar-refractivity contribution >= 4 is 28.7 Å². The first-order valence-electron chi connectivity index (χ1n) is 13.1. The van der Waals surface area contributed by atoms with Gasteiger partial charge in [-0.25, -0.2) is 0 Å². The van der Waals surface area contributed by atoms with Gasteiger partial charge in [0.15, 0.2) is 0 Å². The lowest BCUT2D eigenvalue weighted by molar-refractivity contribution is 0.414. The van der Waals surface area contributed by atoms with Gasteiger partial charge in [-0.3, -0.25) is 0 Å². The molecule has 0 bridgehead atoms. The zero-order valence-corrected chi connectivity index (χ0v) is 22.9. The van der Waals surface area contributed by atoms with Crippen LogP contribution >= 0.6 is 0 Å². The standard InChI is InChI=1S/C36H33NO2/c1-26-11-17-31(18-12-26)37(32-19-13-27(2)14-20-32)33-21-15-28(16-22-33)23-36(29-7-5-9-34(24-29)38-3)30-8-6-10-35(25-30)39-4/h5-25H,1-4H3. The quantitative estimate of drug-likeness (QED) is 0.194. The second kappa shape index (κ2) is 11.7. The maximum atomic E-state index is 5.52. The molecule has 0 aliphatic rings. The Balaban J connectivity index is 1.57. The fourth-order valence-electron chi connectivity index (χ4n) is 4.64. The molecule has 0 aliphatic carbocycles. The molecule has 0 N–H and O–H groups in total. The van der Waals surface area contributed by atoms with E-state index in [1.807, 2.05) is 24.3 Å². The van der Waals surface area contributed by atoms with Crippen molar-refractivity contribution in [2.45, 2.75) is 13.8 Å². The van der Waals surface area contributed by atoms with E-state index in [2.05, 4.69) is 122 Å². The molecule has 0 atom stereocenters. The molecule has 0 aromatic heterocycles. The molecule has 0 heterocycles. The molecule has 0 radical (unpaired) electrons. The van der Waals surface area contributed by atoms with Crippen LogP contribution in [-0.2, 0) is 0 Å². The van der Waals surface area contributed by atoms with Crippen molar-refractivity contribution in [2.75, 3.05) is 19.1 Å². The number of rotatable bonds is 8. The van der Waals surface area contributed by atoms with Crippen LogP contribution in [0.3, 0.4) is 0 Å². The molecular formula is C36H33NO2. The summed E-state index contributed by atoms with van der Waals surface area (Å²) in [5.41, 5.74) is 10.2. The number of ether oxygens (including phenoxy) is 2. The smallest absolute Gasteiger partial charge is 0.119 e. The minimum Gasteiger partial charge on any atom is -0.497 e. The van der Waals surface area contributed by atoms with Crippen molar-refractivity contribution in [3.63, 3.8) is 0 Å². The van der Waals surface area contributed by atoms with E-state index in [0.717, 1.165) is 50.8 Å².